The molecule has 2 N–H and O–H groups in total. The Morgan fingerprint density at radius 3 is 2.39 bits per heavy atom. The van der Waals surface area contributed by atoms with Gasteiger partial charge in [0.25, 0.3) is 0 Å². The molecule has 1 aromatic heterocycles. The minimum atomic E-state index is -4.70. The van der Waals surface area contributed by atoms with Crippen molar-refractivity contribution >= 4 is 34.7 Å². The molecule has 0 amide bonds. The van der Waals surface area contributed by atoms with E-state index in [-0.39, 0.29) is 53.5 Å². The van der Waals surface area contributed by atoms with Crippen molar-refractivity contribution in [1.29, 1.82) is 0 Å². The van der Waals surface area contributed by atoms with E-state index in [1.165, 1.54) is 46.6 Å². The Morgan fingerprint density at radius 1 is 1.02 bits per heavy atom. The number of hydrogen-bond donors (Lipinski definition) is 1. The van der Waals surface area contributed by atoms with Gasteiger partial charge in [0.05, 0.1) is 30.3 Å². The number of ether oxygens (including phenoxy) is 2. The molecule has 12 heteroatoms. The van der Waals surface area contributed by atoms with Gasteiger partial charge < -0.3 is 15.2 Å². The van der Waals surface area contributed by atoms with Crippen LogP contribution in [-0.2, 0) is 30.0 Å². The summed E-state index contributed by atoms with van der Waals surface area (Å²) in [5.74, 6) is -6.74. The molecule has 0 bridgehead atoms. The largest absolute Gasteiger partial charge is 0.465 e. The highest BCUT2D eigenvalue weighted by Gasteiger charge is 2.51. The number of anilines is 1. The monoisotopic (exact) mass is 628 g/mol. The SMILES string of the molecule is CCOC(=O)C1=C(N)N(c2cccc(C(F)(F)F)c2)C2=C(C(=O)[C@@H](C(=O)OCC)[C@H](c3cccs3)C2)[C@@H]1c1cccc(F)c1. The highest BCUT2D eigenvalue weighted by molar-refractivity contribution is 7.10. The van der Waals surface area contributed by atoms with Gasteiger partial charge in [0, 0.05) is 27.8 Å². The van der Waals surface area contributed by atoms with E-state index in [0.717, 1.165) is 18.2 Å². The van der Waals surface area contributed by atoms with Gasteiger partial charge in [-0.1, -0.05) is 24.3 Å². The predicted octanol–water partition coefficient (Wildman–Crippen LogP) is 6.43. The number of esters is 2. The van der Waals surface area contributed by atoms with Crippen molar-refractivity contribution in [1.82, 2.24) is 0 Å². The molecule has 44 heavy (non-hydrogen) atoms. The lowest BCUT2D eigenvalue weighted by molar-refractivity contribution is -0.152. The number of halogens is 4. The maximum atomic E-state index is 14.6. The Bertz CT molecular complexity index is 1660. The summed E-state index contributed by atoms with van der Waals surface area (Å²) in [6.45, 7) is 3.07. The van der Waals surface area contributed by atoms with Crippen LogP contribution in [0.25, 0.3) is 0 Å². The van der Waals surface area contributed by atoms with E-state index in [1.807, 2.05) is 0 Å². The summed E-state index contributed by atoms with van der Waals surface area (Å²) in [6, 6.07) is 13.1. The third-order valence-corrected chi connectivity index (χ3v) is 8.60. The van der Waals surface area contributed by atoms with Crippen LogP contribution in [-0.4, -0.2) is 30.9 Å². The van der Waals surface area contributed by atoms with Crippen molar-refractivity contribution in [3.63, 3.8) is 0 Å². The van der Waals surface area contributed by atoms with Gasteiger partial charge in [-0.3, -0.25) is 14.5 Å². The number of alkyl halides is 3. The average Bonchev–Trinajstić information content (AvgIpc) is 3.51. The summed E-state index contributed by atoms with van der Waals surface area (Å²) in [4.78, 5) is 43.5. The van der Waals surface area contributed by atoms with Gasteiger partial charge >= 0.3 is 18.1 Å². The van der Waals surface area contributed by atoms with Crippen LogP contribution < -0.4 is 10.6 Å². The summed E-state index contributed by atoms with van der Waals surface area (Å²) in [5, 5.41) is 1.78. The van der Waals surface area contributed by atoms with Crippen molar-refractivity contribution < 1.29 is 41.4 Å². The molecule has 230 valence electrons. The number of benzene rings is 2. The second kappa shape index (κ2) is 12.3. The third-order valence-electron chi connectivity index (χ3n) is 7.60. The lowest BCUT2D eigenvalue weighted by atomic mass is 9.68. The molecule has 0 saturated heterocycles. The van der Waals surface area contributed by atoms with Gasteiger partial charge in [-0.2, -0.15) is 13.2 Å². The van der Waals surface area contributed by atoms with E-state index in [4.69, 9.17) is 15.2 Å². The van der Waals surface area contributed by atoms with Crippen LogP contribution in [0.4, 0.5) is 23.2 Å². The molecule has 5 rings (SSSR count). The first-order valence-electron chi connectivity index (χ1n) is 13.8. The zero-order chi connectivity index (χ0) is 31.8. The molecule has 1 aliphatic heterocycles. The molecule has 1 aliphatic carbocycles. The van der Waals surface area contributed by atoms with Crippen LogP contribution in [0.1, 0.15) is 48.1 Å². The van der Waals surface area contributed by atoms with E-state index in [1.54, 1.807) is 31.4 Å². The van der Waals surface area contributed by atoms with E-state index in [0.29, 0.717) is 4.88 Å². The molecule has 3 aromatic rings. The normalized spacial score (nSPS) is 20.5. The van der Waals surface area contributed by atoms with E-state index >= 15 is 0 Å². The molecule has 0 radical (unpaired) electrons. The Hall–Kier alpha value is -4.45. The highest BCUT2D eigenvalue weighted by Crippen LogP contribution is 2.52. The summed E-state index contributed by atoms with van der Waals surface area (Å²) < 4.78 is 66.7. The number of carbonyl (C=O) groups excluding carboxylic acids is 3. The number of Topliss-reactive ketones (excluding diaryl/α,β-unsaturated/α-hetero) is 1. The number of ketones is 1. The first kappa shape index (κ1) is 31.0. The van der Waals surface area contributed by atoms with Crippen LogP contribution in [0.5, 0.6) is 0 Å². The van der Waals surface area contributed by atoms with E-state index in [9.17, 15) is 31.9 Å². The van der Waals surface area contributed by atoms with Crippen LogP contribution in [0, 0.1) is 11.7 Å². The predicted molar refractivity (Wildman–Crippen MR) is 155 cm³/mol. The summed E-state index contributed by atoms with van der Waals surface area (Å²) in [6.07, 6.45) is -4.73. The zero-order valence-electron chi connectivity index (χ0n) is 23.7. The Labute approximate surface area is 254 Å². The lowest BCUT2D eigenvalue weighted by Crippen LogP contribution is -2.46. The minimum absolute atomic E-state index is 0.00368. The molecular formula is C32H28F4N2O5S. The van der Waals surface area contributed by atoms with Gasteiger partial charge in [0.15, 0.2) is 5.78 Å². The van der Waals surface area contributed by atoms with E-state index in [2.05, 4.69) is 0 Å². The first-order valence-corrected chi connectivity index (χ1v) is 14.7. The second-order valence-corrected chi connectivity index (χ2v) is 11.2. The molecule has 7 nitrogen and oxygen atoms in total. The van der Waals surface area contributed by atoms with Gasteiger partial charge in [-0.25, -0.2) is 9.18 Å². The standard InChI is InChI=1S/C32H28F4N2O5S/c1-3-42-30(40)25-21(23-12-7-13-44-23)16-22-26(28(25)39)24(17-8-5-10-19(33)14-17)27(31(41)43-4-2)29(37)38(22)20-11-6-9-18(15-20)32(34,35)36/h5-15,21,24-25H,3-4,16,37H2,1-2H3/t21-,24-,25-/m0/s1. The van der Waals surface area contributed by atoms with Gasteiger partial charge in [-0.05, 0) is 67.6 Å². The fraction of sp³-hybridized carbons (Fsp3) is 0.281. The van der Waals surface area contributed by atoms with Gasteiger partial charge in [0.2, 0.25) is 0 Å². The first-order chi connectivity index (χ1) is 21.0. The molecule has 2 aromatic carbocycles. The molecule has 3 atom stereocenters. The number of nitrogens with zero attached hydrogens (tertiary/aromatic N) is 1. The Balaban J connectivity index is 1.84. The van der Waals surface area contributed by atoms with Crippen LogP contribution in [0.2, 0.25) is 0 Å². The van der Waals surface area contributed by atoms with Crippen LogP contribution >= 0.6 is 11.3 Å². The fourth-order valence-electron chi connectivity index (χ4n) is 5.84. The maximum absolute atomic E-state index is 14.6. The number of allylic oxidation sites excluding steroid dienone is 2. The van der Waals surface area contributed by atoms with Gasteiger partial charge in [-0.15, -0.1) is 11.3 Å². The van der Waals surface area contributed by atoms with Crippen LogP contribution in [0.3, 0.4) is 0 Å². The molecule has 0 spiro atoms. The fourth-order valence-corrected chi connectivity index (χ4v) is 6.71. The summed E-state index contributed by atoms with van der Waals surface area (Å²) in [5.41, 5.74) is 5.66. The average molecular weight is 629 g/mol. The summed E-state index contributed by atoms with van der Waals surface area (Å²) >= 11 is 1.31. The highest BCUT2D eigenvalue weighted by atomic mass is 32.1. The Kier molecular flexibility index (Phi) is 8.64. The number of rotatable bonds is 7. The number of carbonyl (C=O) groups is 3. The van der Waals surface area contributed by atoms with Crippen molar-refractivity contribution in [2.75, 3.05) is 18.1 Å². The molecule has 0 unspecified atom stereocenters. The third kappa shape index (κ3) is 5.61. The number of thiophene rings is 1. The van der Waals surface area contributed by atoms with Crippen molar-refractivity contribution in [3.8, 4) is 0 Å². The molecule has 0 saturated carbocycles. The molecule has 0 fully saturated rings. The second-order valence-electron chi connectivity index (χ2n) is 10.2. The van der Waals surface area contributed by atoms with E-state index < -0.39 is 53.0 Å². The lowest BCUT2D eigenvalue weighted by Gasteiger charge is -2.44. The van der Waals surface area contributed by atoms with Crippen molar-refractivity contribution in [2.24, 2.45) is 11.7 Å². The molecule has 2 heterocycles. The van der Waals surface area contributed by atoms with Crippen molar-refractivity contribution in [3.05, 3.63) is 111 Å². The maximum Gasteiger partial charge on any atom is 0.416 e. The smallest absolute Gasteiger partial charge is 0.416 e. The van der Waals surface area contributed by atoms with Crippen molar-refractivity contribution in [2.45, 2.75) is 38.3 Å². The molecular weight excluding hydrogens is 600 g/mol. The van der Waals surface area contributed by atoms with Crippen LogP contribution in [0.15, 0.2) is 88.7 Å². The Morgan fingerprint density at radius 2 is 1.75 bits per heavy atom. The summed E-state index contributed by atoms with van der Waals surface area (Å²) in [7, 11) is 0. The minimum Gasteiger partial charge on any atom is -0.465 e. The zero-order valence-corrected chi connectivity index (χ0v) is 24.5. The van der Waals surface area contributed by atoms with Gasteiger partial charge in [0.1, 0.15) is 17.6 Å². The molecule has 2 aliphatic rings. The number of hydrogen-bond acceptors (Lipinski definition) is 8. The topological polar surface area (TPSA) is 98.9 Å². The number of nitrogens with two attached hydrogens (primary N) is 1. The quantitative estimate of drug-likeness (QED) is 0.183.